The molecule has 0 bridgehead atoms. The molecule has 0 fully saturated rings. The lowest BCUT2D eigenvalue weighted by molar-refractivity contribution is 0.481. The van der Waals surface area contributed by atoms with Crippen LogP contribution in [0.15, 0.2) is 0 Å². The lowest BCUT2D eigenvalue weighted by Gasteiger charge is -2.11. The molecule has 26 heavy (non-hydrogen) atoms. The molecule has 158 valence electrons. The molecule has 0 aromatic heterocycles. The lowest BCUT2D eigenvalue weighted by Crippen LogP contribution is -2.19. The Balaban J connectivity index is 3.09. The highest BCUT2D eigenvalue weighted by molar-refractivity contribution is 4.62. The minimum Gasteiger partial charge on any atom is -0.330 e. The molecule has 0 aliphatic rings. The van der Waals surface area contributed by atoms with Crippen molar-refractivity contribution in [1.82, 2.24) is 0 Å². The standard InChI is InChI=1S/C24H52N2/c1-2-3-4-5-6-7-8-9-10-11-12-13-15-18-21-24(26)22-19-16-14-17-20-23-25/h24H,2-23,25-26H2,1H3. The average molecular weight is 369 g/mol. The monoisotopic (exact) mass is 368 g/mol. The maximum absolute atomic E-state index is 6.24. The van der Waals surface area contributed by atoms with Gasteiger partial charge in [0.15, 0.2) is 0 Å². The summed E-state index contributed by atoms with van der Waals surface area (Å²) in [6.45, 7) is 3.14. The molecular formula is C24H52N2. The molecular weight excluding hydrogens is 316 g/mol. The summed E-state index contributed by atoms with van der Waals surface area (Å²) in [6.07, 6.45) is 29.0. The fourth-order valence-corrected chi connectivity index (χ4v) is 3.83. The maximum Gasteiger partial charge on any atom is 0.00388 e. The number of unbranched alkanes of at least 4 members (excludes halogenated alkanes) is 17. The fourth-order valence-electron chi connectivity index (χ4n) is 3.83. The summed E-state index contributed by atoms with van der Waals surface area (Å²) >= 11 is 0. The summed E-state index contributed by atoms with van der Waals surface area (Å²) in [6, 6.07) is 0.446. The van der Waals surface area contributed by atoms with Gasteiger partial charge in [-0.2, -0.15) is 0 Å². The van der Waals surface area contributed by atoms with Crippen molar-refractivity contribution in [2.75, 3.05) is 6.54 Å². The van der Waals surface area contributed by atoms with Crippen molar-refractivity contribution in [2.24, 2.45) is 11.5 Å². The molecule has 0 rings (SSSR count). The molecule has 0 aliphatic heterocycles. The van der Waals surface area contributed by atoms with E-state index in [0.717, 1.165) is 6.54 Å². The summed E-state index contributed by atoms with van der Waals surface area (Å²) in [5, 5.41) is 0. The summed E-state index contributed by atoms with van der Waals surface area (Å²) in [7, 11) is 0. The predicted octanol–water partition coefficient (Wildman–Crippen LogP) is 7.48. The molecule has 0 radical (unpaired) electrons. The summed E-state index contributed by atoms with van der Waals surface area (Å²) in [4.78, 5) is 0. The van der Waals surface area contributed by atoms with Crippen LogP contribution in [0.3, 0.4) is 0 Å². The first-order valence-electron chi connectivity index (χ1n) is 12.3. The van der Waals surface area contributed by atoms with Gasteiger partial charge in [-0.1, -0.05) is 122 Å². The Labute approximate surface area is 166 Å². The second-order valence-corrected chi connectivity index (χ2v) is 8.49. The summed E-state index contributed by atoms with van der Waals surface area (Å²) < 4.78 is 0. The van der Waals surface area contributed by atoms with Gasteiger partial charge in [-0.05, 0) is 25.8 Å². The fraction of sp³-hybridized carbons (Fsp3) is 1.00. The maximum atomic E-state index is 6.24. The Morgan fingerprint density at radius 3 is 1.12 bits per heavy atom. The normalized spacial score (nSPS) is 12.6. The van der Waals surface area contributed by atoms with E-state index >= 15 is 0 Å². The second-order valence-electron chi connectivity index (χ2n) is 8.49. The van der Waals surface area contributed by atoms with E-state index < -0.39 is 0 Å². The zero-order valence-corrected chi connectivity index (χ0v) is 18.3. The minimum atomic E-state index is 0.446. The molecule has 0 saturated carbocycles. The summed E-state index contributed by atoms with van der Waals surface area (Å²) in [5.74, 6) is 0. The molecule has 0 spiro atoms. The van der Waals surface area contributed by atoms with E-state index in [2.05, 4.69) is 6.92 Å². The third kappa shape index (κ3) is 22.0. The Morgan fingerprint density at radius 2 is 0.769 bits per heavy atom. The zero-order chi connectivity index (χ0) is 19.1. The predicted molar refractivity (Wildman–Crippen MR) is 120 cm³/mol. The molecule has 0 aromatic carbocycles. The van der Waals surface area contributed by atoms with Gasteiger partial charge in [0, 0.05) is 6.04 Å². The summed E-state index contributed by atoms with van der Waals surface area (Å²) in [5.41, 5.74) is 11.8. The second kappa shape index (κ2) is 23.0. The molecule has 2 heteroatoms. The zero-order valence-electron chi connectivity index (χ0n) is 18.3. The van der Waals surface area contributed by atoms with E-state index in [-0.39, 0.29) is 0 Å². The van der Waals surface area contributed by atoms with E-state index in [9.17, 15) is 0 Å². The third-order valence-electron chi connectivity index (χ3n) is 5.71. The average Bonchev–Trinajstić information content (AvgIpc) is 2.65. The van der Waals surface area contributed by atoms with Crippen LogP contribution in [0.25, 0.3) is 0 Å². The molecule has 2 nitrogen and oxygen atoms in total. The van der Waals surface area contributed by atoms with Crippen molar-refractivity contribution < 1.29 is 0 Å². The third-order valence-corrected chi connectivity index (χ3v) is 5.71. The number of rotatable bonds is 22. The molecule has 0 amide bonds. The van der Waals surface area contributed by atoms with Crippen LogP contribution in [0.2, 0.25) is 0 Å². The molecule has 4 N–H and O–H groups in total. The van der Waals surface area contributed by atoms with E-state index in [1.807, 2.05) is 0 Å². The van der Waals surface area contributed by atoms with Crippen LogP contribution < -0.4 is 11.5 Å². The highest BCUT2D eigenvalue weighted by Gasteiger charge is 2.02. The van der Waals surface area contributed by atoms with Gasteiger partial charge in [0.25, 0.3) is 0 Å². The van der Waals surface area contributed by atoms with E-state index in [0.29, 0.717) is 6.04 Å². The Kier molecular flexibility index (Phi) is 22.9. The molecule has 1 unspecified atom stereocenters. The number of hydrogen-bond acceptors (Lipinski definition) is 2. The first kappa shape index (κ1) is 25.9. The molecule has 0 saturated heterocycles. The van der Waals surface area contributed by atoms with E-state index in [1.54, 1.807) is 0 Å². The molecule has 0 aliphatic carbocycles. The van der Waals surface area contributed by atoms with E-state index in [1.165, 1.54) is 135 Å². The SMILES string of the molecule is CCCCCCCCCCCCCCCCC(N)CCCCCCCN. The van der Waals surface area contributed by atoms with Crippen molar-refractivity contribution >= 4 is 0 Å². The van der Waals surface area contributed by atoms with Crippen molar-refractivity contribution in [3.8, 4) is 0 Å². The quantitative estimate of drug-likeness (QED) is 0.194. The molecule has 0 aromatic rings. The van der Waals surface area contributed by atoms with Gasteiger partial charge in [0.2, 0.25) is 0 Å². The van der Waals surface area contributed by atoms with Crippen LogP contribution in [0, 0.1) is 0 Å². The van der Waals surface area contributed by atoms with Crippen LogP contribution in [0.5, 0.6) is 0 Å². The largest absolute Gasteiger partial charge is 0.330 e. The highest BCUT2D eigenvalue weighted by Crippen LogP contribution is 2.14. The van der Waals surface area contributed by atoms with Crippen molar-refractivity contribution in [3.63, 3.8) is 0 Å². The highest BCUT2D eigenvalue weighted by atomic mass is 14.6. The van der Waals surface area contributed by atoms with Crippen LogP contribution in [0.4, 0.5) is 0 Å². The molecule has 0 heterocycles. The number of nitrogens with two attached hydrogens (primary N) is 2. The topological polar surface area (TPSA) is 52.0 Å². The van der Waals surface area contributed by atoms with Crippen molar-refractivity contribution in [2.45, 2.75) is 148 Å². The first-order chi connectivity index (χ1) is 12.8. The van der Waals surface area contributed by atoms with Gasteiger partial charge in [-0.3, -0.25) is 0 Å². The van der Waals surface area contributed by atoms with Crippen LogP contribution in [-0.2, 0) is 0 Å². The van der Waals surface area contributed by atoms with Crippen molar-refractivity contribution in [3.05, 3.63) is 0 Å². The minimum absolute atomic E-state index is 0.446. The molecule has 1 atom stereocenters. The Morgan fingerprint density at radius 1 is 0.462 bits per heavy atom. The lowest BCUT2D eigenvalue weighted by atomic mass is 10.0. The first-order valence-corrected chi connectivity index (χ1v) is 12.3. The van der Waals surface area contributed by atoms with Gasteiger partial charge in [-0.25, -0.2) is 0 Å². The van der Waals surface area contributed by atoms with E-state index in [4.69, 9.17) is 11.5 Å². The number of hydrogen-bond donors (Lipinski definition) is 2. The van der Waals surface area contributed by atoms with Gasteiger partial charge >= 0.3 is 0 Å². The smallest absolute Gasteiger partial charge is 0.00388 e. The van der Waals surface area contributed by atoms with Crippen LogP contribution >= 0.6 is 0 Å². The van der Waals surface area contributed by atoms with Gasteiger partial charge < -0.3 is 11.5 Å². The van der Waals surface area contributed by atoms with Gasteiger partial charge in [0.05, 0.1) is 0 Å². The van der Waals surface area contributed by atoms with Gasteiger partial charge in [-0.15, -0.1) is 0 Å². The Hall–Kier alpha value is -0.0800. The van der Waals surface area contributed by atoms with Crippen molar-refractivity contribution in [1.29, 1.82) is 0 Å². The Bertz CT molecular complexity index is 242. The van der Waals surface area contributed by atoms with Crippen LogP contribution in [0.1, 0.15) is 142 Å². The van der Waals surface area contributed by atoms with Crippen LogP contribution in [-0.4, -0.2) is 12.6 Å². The van der Waals surface area contributed by atoms with Gasteiger partial charge in [0.1, 0.15) is 0 Å².